The van der Waals surface area contributed by atoms with E-state index in [9.17, 15) is 9.59 Å². The molecule has 4 nitrogen and oxygen atoms in total. The fourth-order valence-electron chi connectivity index (χ4n) is 1.13. The molecular formula is C10H20N2O2. The maximum Gasteiger partial charge on any atom is 0.219 e. The molecule has 2 amide bonds. The summed E-state index contributed by atoms with van der Waals surface area (Å²) in [5, 5.41) is 5.45. The minimum Gasteiger partial charge on any atom is -0.359 e. The van der Waals surface area contributed by atoms with Crippen molar-refractivity contribution >= 4 is 12.3 Å². The third-order valence-electron chi connectivity index (χ3n) is 1.88. The molecule has 0 aliphatic carbocycles. The topological polar surface area (TPSA) is 58.2 Å². The molecule has 14 heavy (non-hydrogen) atoms. The Hall–Kier alpha value is -1.06. The van der Waals surface area contributed by atoms with Crippen molar-refractivity contribution in [2.75, 3.05) is 13.1 Å². The zero-order valence-corrected chi connectivity index (χ0v) is 8.84. The van der Waals surface area contributed by atoms with Crippen molar-refractivity contribution < 1.29 is 9.59 Å². The molecule has 0 aromatic carbocycles. The summed E-state index contributed by atoms with van der Waals surface area (Å²) in [6.07, 6.45) is 5.22. The number of carbonyl (C=O) groups is 2. The highest BCUT2D eigenvalue weighted by molar-refractivity contribution is 5.75. The summed E-state index contributed by atoms with van der Waals surface area (Å²) in [4.78, 5) is 20.9. The molecule has 82 valence electrons. The lowest BCUT2D eigenvalue weighted by Gasteiger charge is -2.03. The normalized spacial score (nSPS) is 9.50. The lowest BCUT2D eigenvalue weighted by Crippen LogP contribution is -2.24. The molecular weight excluding hydrogens is 180 g/mol. The molecule has 0 rings (SSSR count). The smallest absolute Gasteiger partial charge is 0.219 e. The second-order valence-electron chi connectivity index (χ2n) is 3.23. The minimum absolute atomic E-state index is 0.138. The lowest BCUT2D eigenvalue weighted by atomic mass is 10.2. The van der Waals surface area contributed by atoms with Crippen molar-refractivity contribution in [2.45, 2.75) is 39.0 Å². The van der Waals surface area contributed by atoms with Gasteiger partial charge in [-0.2, -0.15) is 0 Å². The van der Waals surface area contributed by atoms with Gasteiger partial charge in [-0.05, 0) is 25.7 Å². The molecule has 0 aromatic rings. The fraction of sp³-hybridized carbons (Fsp3) is 0.800. The van der Waals surface area contributed by atoms with E-state index in [0.29, 0.717) is 12.8 Å². The monoisotopic (exact) mass is 200 g/mol. The van der Waals surface area contributed by atoms with Gasteiger partial charge in [0.15, 0.2) is 0 Å². The predicted octanol–water partition coefficient (Wildman–Crippen LogP) is 0.819. The highest BCUT2D eigenvalue weighted by atomic mass is 16.1. The van der Waals surface area contributed by atoms with Gasteiger partial charge in [0, 0.05) is 19.5 Å². The van der Waals surface area contributed by atoms with Crippen molar-refractivity contribution in [1.29, 1.82) is 0 Å². The van der Waals surface area contributed by atoms with Gasteiger partial charge >= 0.3 is 0 Å². The number of unbranched alkanes of at least 4 members (excludes halogenated alkanes) is 2. The number of hydrogen-bond acceptors (Lipinski definition) is 2. The minimum atomic E-state index is 0.138. The standard InChI is InChI=1S/C10H20N2O2/c1-2-6-10(14)12-8-5-3-4-7-11-9-13/h9H,2-8H2,1H3,(H,11,13)(H,12,14). The molecule has 0 atom stereocenters. The van der Waals surface area contributed by atoms with E-state index in [-0.39, 0.29) is 5.91 Å². The highest BCUT2D eigenvalue weighted by Crippen LogP contribution is 1.93. The van der Waals surface area contributed by atoms with E-state index in [2.05, 4.69) is 10.6 Å². The quantitative estimate of drug-likeness (QED) is 0.427. The Morgan fingerprint density at radius 2 is 1.93 bits per heavy atom. The van der Waals surface area contributed by atoms with Crippen LogP contribution in [0.2, 0.25) is 0 Å². The van der Waals surface area contributed by atoms with Crippen molar-refractivity contribution in [2.24, 2.45) is 0 Å². The second kappa shape index (κ2) is 10.0. The van der Waals surface area contributed by atoms with Gasteiger partial charge in [0.25, 0.3) is 0 Å². The molecule has 0 bridgehead atoms. The van der Waals surface area contributed by atoms with E-state index >= 15 is 0 Å². The molecule has 0 aliphatic rings. The van der Waals surface area contributed by atoms with Gasteiger partial charge in [-0.15, -0.1) is 0 Å². The van der Waals surface area contributed by atoms with Gasteiger partial charge in [0.1, 0.15) is 0 Å². The van der Waals surface area contributed by atoms with Crippen LogP contribution in [0, 0.1) is 0 Å². The summed E-state index contributed by atoms with van der Waals surface area (Å²) in [5.41, 5.74) is 0. The fourth-order valence-corrected chi connectivity index (χ4v) is 1.13. The van der Waals surface area contributed by atoms with Crippen LogP contribution in [0.3, 0.4) is 0 Å². The SMILES string of the molecule is CCCC(=O)NCCCCCNC=O. The lowest BCUT2D eigenvalue weighted by molar-refractivity contribution is -0.121. The Kier molecular flexibility index (Phi) is 9.26. The average molecular weight is 200 g/mol. The Bertz CT molecular complexity index is 160. The number of amides is 2. The third kappa shape index (κ3) is 9.03. The maximum absolute atomic E-state index is 11.0. The van der Waals surface area contributed by atoms with Crippen LogP contribution in [0.25, 0.3) is 0 Å². The number of hydrogen-bond donors (Lipinski definition) is 2. The molecule has 2 N–H and O–H groups in total. The summed E-state index contributed by atoms with van der Waals surface area (Å²) in [6.45, 7) is 3.47. The summed E-state index contributed by atoms with van der Waals surface area (Å²) < 4.78 is 0. The molecule has 0 aromatic heterocycles. The first-order chi connectivity index (χ1) is 6.81. The van der Waals surface area contributed by atoms with Gasteiger partial charge in [-0.25, -0.2) is 0 Å². The number of rotatable bonds is 9. The van der Waals surface area contributed by atoms with Crippen molar-refractivity contribution in [1.82, 2.24) is 10.6 Å². The van der Waals surface area contributed by atoms with Crippen LogP contribution < -0.4 is 10.6 Å². The average Bonchev–Trinajstić information content (AvgIpc) is 2.17. The Labute approximate surface area is 85.4 Å². The van der Waals surface area contributed by atoms with Gasteiger partial charge < -0.3 is 10.6 Å². The van der Waals surface area contributed by atoms with Crippen LogP contribution in [0.5, 0.6) is 0 Å². The van der Waals surface area contributed by atoms with E-state index in [1.807, 2.05) is 6.92 Å². The van der Waals surface area contributed by atoms with Gasteiger partial charge in [0.2, 0.25) is 12.3 Å². The van der Waals surface area contributed by atoms with Crippen molar-refractivity contribution in [3.8, 4) is 0 Å². The van der Waals surface area contributed by atoms with E-state index in [4.69, 9.17) is 0 Å². The Morgan fingerprint density at radius 1 is 1.21 bits per heavy atom. The number of nitrogens with one attached hydrogen (secondary N) is 2. The first-order valence-electron chi connectivity index (χ1n) is 5.25. The molecule has 0 fully saturated rings. The molecule has 0 heterocycles. The van der Waals surface area contributed by atoms with Gasteiger partial charge in [-0.1, -0.05) is 6.92 Å². The van der Waals surface area contributed by atoms with Crippen LogP contribution in [0.1, 0.15) is 39.0 Å². The number of carbonyl (C=O) groups excluding carboxylic acids is 2. The van der Waals surface area contributed by atoms with E-state index in [1.165, 1.54) is 0 Å². The molecule has 4 heteroatoms. The highest BCUT2D eigenvalue weighted by Gasteiger charge is 1.96. The molecule has 0 aliphatic heterocycles. The molecule has 0 spiro atoms. The van der Waals surface area contributed by atoms with Gasteiger partial charge in [0.05, 0.1) is 0 Å². The van der Waals surface area contributed by atoms with E-state index in [1.54, 1.807) is 0 Å². The molecule has 0 radical (unpaired) electrons. The van der Waals surface area contributed by atoms with Crippen LogP contribution in [0.4, 0.5) is 0 Å². The molecule has 0 saturated carbocycles. The molecule has 0 unspecified atom stereocenters. The van der Waals surface area contributed by atoms with Crippen LogP contribution in [-0.4, -0.2) is 25.4 Å². The summed E-state index contributed by atoms with van der Waals surface area (Å²) in [6, 6.07) is 0. The largest absolute Gasteiger partial charge is 0.359 e. The Balaban J connectivity index is 3.05. The zero-order chi connectivity index (χ0) is 10.6. The van der Waals surface area contributed by atoms with Crippen molar-refractivity contribution in [3.63, 3.8) is 0 Å². The maximum atomic E-state index is 11.0. The zero-order valence-electron chi connectivity index (χ0n) is 8.84. The molecule has 0 saturated heterocycles. The van der Waals surface area contributed by atoms with Gasteiger partial charge in [-0.3, -0.25) is 9.59 Å². The summed E-state index contributed by atoms with van der Waals surface area (Å²) in [7, 11) is 0. The first-order valence-corrected chi connectivity index (χ1v) is 5.25. The predicted molar refractivity (Wildman–Crippen MR) is 55.8 cm³/mol. The summed E-state index contributed by atoms with van der Waals surface area (Å²) >= 11 is 0. The van der Waals surface area contributed by atoms with Crippen LogP contribution in [-0.2, 0) is 9.59 Å². The van der Waals surface area contributed by atoms with E-state index < -0.39 is 0 Å². The summed E-state index contributed by atoms with van der Waals surface area (Å²) in [5.74, 6) is 0.138. The second-order valence-corrected chi connectivity index (χ2v) is 3.23. The van der Waals surface area contributed by atoms with E-state index in [0.717, 1.165) is 38.8 Å². The first kappa shape index (κ1) is 12.9. The van der Waals surface area contributed by atoms with Crippen molar-refractivity contribution in [3.05, 3.63) is 0 Å². The third-order valence-corrected chi connectivity index (χ3v) is 1.88. The van der Waals surface area contributed by atoms with Crippen LogP contribution >= 0.6 is 0 Å². The Morgan fingerprint density at radius 3 is 2.57 bits per heavy atom. The van der Waals surface area contributed by atoms with Crippen LogP contribution in [0.15, 0.2) is 0 Å².